The Balaban J connectivity index is 1.80. The van der Waals surface area contributed by atoms with Crippen molar-refractivity contribution >= 4 is 34.0 Å². The number of carboxylic acids is 1. The molecule has 2 aromatic heterocycles. The third kappa shape index (κ3) is 2.97. The van der Waals surface area contributed by atoms with Gasteiger partial charge in [-0.2, -0.15) is 0 Å². The van der Waals surface area contributed by atoms with Crippen molar-refractivity contribution in [3.63, 3.8) is 0 Å². The average molecular weight is 300 g/mol. The van der Waals surface area contributed by atoms with Crippen LogP contribution >= 0.6 is 11.3 Å². The zero-order chi connectivity index (χ0) is 14.7. The minimum Gasteiger partial charge on any atom is -0.478 e. The van der Waals surface area contributed by atoms with Gasteiger partial charge in [0.05, 0.1) is 16.1 Å². The summed E-state index contributed by atoms with van der Waals surface area (Å²) in [5.41, 5.74) is 0.830. The summed E-state index contributed by atoms with van der Waals surface area (Å²) < 4.78 is 0. The Bertz CT molecular complexity index is 774. The van der Waals surface area contributed by atoms with Crippen molar-refractivity contribution in [1.82, 2.24) is 15.0 Å². The SMILES string of the molecule is O=C(O)c1ccc2c(NCCc3nccs3)ncnc2c1. The van der Waals surface area contributed by atoms with Gasteiger partial charge in [0.1, 0.15) is 12.1 Å². The molecule has 3 rings (SSSR count). The van der Waals surface area contributed by atoms with Crippen molar-refractivity contribution in [3.8, 4) is 0 Å². The van der Waals surface area contributed by atoms with Gasteiger partial charge in [0.15, 0.2) is 0 Å². The number of rotatable bonds is 5. The van der Waals surface area contributed by atoms with E-state index in [1.54, 1.807) is 35.7 Å². The minimum absolute atomic E-state index is 0.218. The molecule has 0 spiro atoms. The molecule has 7 heteroatoms. The zero-order valence-electron chi connectivity index (χ0n) is 11.0. The molecular formula is C14H12N4O2S. The molecule has 3 aromatic rings. The van der Waals surface area contributed by atoms with E-state index >= 15 is 0 Å². The highest BCUT2D eigenvalue weighted by atomic mass is 32.1. The van der Waals surface area contributed by atoms with Gasteiger partial charge in [-0.05, 0) is 18.2 Å². The molecule has 2 N–H and O–H groups in total. The van der Waals surface area contributed by atoms with Crippen LogP contribution < -0.4 is 5.32 Å². The molecule has 0 saturated heterocycles. The van der Waals surface area contributed by atoms with Gasteiger partial charge in [-0.3, -0.25) is 0 Å². The predicted molar refractivity (Wildman–Crippen MR) is 80.8 cm³/mol. The lowest BCUT2D eigenvalue weighted by atomic mass is 10.1. The van der Waals surface area contributed by atoms with Gasteiger partial charge in [-0.25, -0.2) is 19.7 Å². The fourth-order valence-electron chi connectivity index (χ4n) is 2.00. The number of fused-ring (bicyclic) bond motifs is 1. The van der Waals surface area contributed by atoms with Crippen LogP contribution in [0.25, 0.3) is 10.9 Å². The maximum Gasteiger partial charge on any atom is 0.335 e. The van der Waals surface area contributed by atoms with E-state index in [-0.39, 0.29) is 5.56 Å². The van der Waals surface area contributed by atoms with E-state index in [9.17, 15) is 4.79 Å². The number of aromatic carboxylic acids is 1. The van der Waals surface area contributed by atoms with Crippen molar-refractivity contribution in [3.05, 3.63) is 46.7 Å². The topological polar surface area (TPSA) is 88.0 Å². The molecule has 6 nitrogen and oxygen atoms in total. The minimum atomic E-state index is -0.964. The van der Waals surface area contributed by atoms with E-state index in [0.29, 0.717) is 17.9 Å². The van der Waals surface area contributed by atoms with Gasteiger partial charge in [0.2, 0.25) is 0 Å². The molecule has 0 fully saturated rings. The molecule has 0 bridgehead atoms. The molecule has 0 atom stereocenters. The number of nitrogens with one attached hydrogen (secondary N) is 1. The van der Waals surface area contributed by atoms with Gasteiger partial charge < -0.3 is 10.4 Å². The number of hydrogen-bond donors (Lipinski definition) is 2. The van der Waals surface area contributed by atoms with Crippen molar-refractivity contribution in [2.45, 2.75) is 6.42 Å². The molecular weight excluding hydrogens is 288 g/mol. The fourth-order valence-corrected chi connectivity index (χ4v) is 2.62. The Kier molecular flexibility index (Phi) is 3.74. The van der Waals surface area contributed by atoms with Gasteiger partial charge in [-0.1, -0.05) is 0 Å². The Labute approximate surface area is 124 Å². The third-order valence-corrected chi connectivity index (χ3v) is 3.84. The van der Waals surface area contributed by atoms with E-state index in [4.69, 9.17) is 5.11 Å². The van der Waals surface area contributed by atoms with E-state index in [0.717, 1.165) is 16.8 Å². The number of thiazole rings is 1. The lowest BCUT2D eigenvalue weighted by molar-refractivity contribution is 0.0697. The highest BCUT2D eigenvalue weighted by Gasteiger charge is 2.08. The number of hydrogen-bond acceptors (Lipinski definition) is 6. The highest BCUT2D eigenvalue weighted by molar-refractivity contribution is 7.09. The van der Waals surface area contributed by atoms with E-state index in [2.05, 4.69) is 20.3 Å². The number of carboxylic acid groups (broad SMARTS) is 1. The summed E-state index contributed by atoms with van der Waals surface area (Å²) in [5.74, 6) is -0.262. The first-order chi connectivity index (χ1) is 10.2. The van der Waals surface area contributed by atoms with Crippen LogP contribution in [0.15, 0.2) is 36.1 Å². The first kappa shape index (κ1) is 13.4. The van der Waals surface area contributed by atoms with Crippen molar-refractivity contribution in [1.29, 1.82) is 0 Å². The molecule has 0 aliphatic heterocycles. The molecule has 2 heterocycles. The lowest BCUT2D eigenvalue weighted by Gasteiger charge is -2.07. The van der Waals surface area contributed by atoms with E-state index < -0.39 is 5.97 Å². The maximum atomic E-state index is 11.0. The second-order valence-corrected chi connectivity index (χ2v) is 5.34. The van der Waals surface area contributed by atoms with Crippen molar-refractivity contribution in [2.24, 2.45) is 0 Å². The second kappa shape index (κ2) is 5.84. The largest absolute Gasteiger partial charge is 0.478 e. The van der Waals surface area contributed by atoms with Crippen LogP contribution in [0.1, 0.15) is 15.4 Å². The summed E-state index contributed by atoms with van der Waals surface area (Å²) in [4.78, 5) is 23.5. The summed E-state index contributed by atoms with van der Waals surface area (Å²) in [5, 5.41) is 16.1. The van der Waals surface area contributed by atoms with Crippen LogP contribution in [0.3, 0.4) is 0 Å². The van der Waals surface area contributed by atoms with E-state index in [1.165, 1.54) is 6.33 Å². The number of benzene rings is 1. The van der Waals surface area contributed by atoms with Crippen LogP contribution in [-0.4, -0.2) is 32.6 Å². The Morgan fingerprint density at radius 3 is 2.95 bits per heavy atom. The molecule has 0 amide bonds. The number of anilines is 1. The predicted octanol–water partition coefficient (Wildman–Crippen LogP) is 2.44. The Hall–Kier alpha value is -2.54. The van der Waals surface area contributed by atoms with Crippen LogP contribution in [0.4, 0.5) is 5.82 Å². The van der Waals surface area contributed by atoms with Crippen molar-refractivity contribution < 1.29 is 9.90 Å². The zero-order valence-corrected chi connectivity index (χ0v) is 11.8. The number of nitrogens with zero attached hydrogens (tertiary/aromatic N) is 3. The smallest absolute Gasteiger partial charge is 0.335 e. The normalized spacial score (nSPS) is 10.7. The molecule has 0 aliphatic rings. The number of aromatic nitrogens is 3. The highest BCUT2D eigenvalue weighted by Crippen LogP contribution is 2.20. The first-order valence-corrected chi connectivity index (χ1v) is 7.22. The molecule has 21 heavy (non-hydrogen) atoms. The number of carbonyl (C=O) groups is 1. The lowest BCUT2D eigenvalue weighted by Crippen LogP contribution is -2.07. The Morgan fingerprint density at radius 1 is 1.29 bits per heavy atom. The summed E-state index contributed by atoms with van der Waals surface area (Å²) in [6, 6.07) is 4.83. The van der Waals surface area contributed by atoms with Gasteiger partial charge >= 0.3 is 5.97 Å². The molecule has 0 radical (unpaired) electrons. The van der Waals surface area contributed by atoms with Crippen LogP contribution in [0, 0.1) is 0 Å². The first-order valence-electron chi connectivity index (χ1n) is 6.34. The fraction of sp³-hybridized carbons (Fsp3) is 0.143. The van der Waals surface area contributed by atoms with Gasteiger partial charge in [0.25, 0.3) is 0 Å². The third-order valence-electron chi connectivity index (χ3n) is 3.00. The summed E-state index contributed by atoms with van der Waals surface area (Å²) in [6.45, 7) is 0.709. The average Bonchev–Trinajstić information content (AvgIpc) is 3.00. The van der Waals surface area contributed by atoms with Gasteiger partial charge in [-0.15, -0.1) is 11.3 Å². The molecule has 1 aromatic carbocycles. The standard InChI is InChI=1S/C14H12N4O2S/c19-14(20)9-1-2-10-11(7-9)17-8-18-13(10)16-4-3-12-15-5-6-21-12/h1-2,5-8H,3-4H2,(H,19,20)(H,16,17,18). The van der Waals surface area contributed by atoms with Gasteiger partial charge in [0, 0.05) is 29.9 Å². The summed E-state index contributed by atoms with van der Waals surface area (Å²) >= 11 is 1.62. The van der Waals surface area contributed by atoms with Crippen LogP contribution in [0.5, 0.6) is 0 Å². The quantitative estimate of drug-likeness (QED) is 0.752. The van der Waals surface area contributed by atoms with Crippen LogP contribution in [0.2, 0.25) is 0 Å². The monoisotopic (exact) mass is 300 g/mol. The van der Waals surface area contributed by atoms with Crippen molar-refractivity contribution in [2.75, 3.05) is 11.9 Å². The molecule has 106 valence electrons. The molecule has 0 saturated carbocycles. The summed E-state index contributed by atoms with van der Waals surface area (Å²) in [6.07, 6.45) is 4.03. The molecule has 0 unspecified atom stereocenters. The van der Waals surface area contributed by atoms with Crippen LogP contribution in [-0.2, 0) is 6.42 Å². The van der Waals surface area contributed by atoms with E-state index in [1.807, 2.05) is 5.38 Å². The summed E-state index contributed by atoms with van der Waals surface area (Å²) in [7, 11) is 0. The molecule has 0 aliphatic carbocycles. The maximum absolute atomic E-state index is 11.0. The Morgan fingerprint density at radius 2 is 2.19 bits per heavy atom. The second-order valence-electron chi connectivity index (χ2n) is 4.36.